The predicted octanol–water partition coefficient (Wildman–Crippen LogP) is 3.27. The number of thioether (sulfide) groups is 1. The van der Waals surface area contributed by atoms with Gasteiger partial charge in [-0.15, -0.1) is 11.8 Å². The van der Waals surface area contributed by atoms with E-state index in [0.29, 0.717) is 31.5 Å². The Hall–Kier alpha value is -1.78. The van der Waals surface area contributed by atoms with Gasteiger partial charge in [0.2, 0.25) is 11.8 Å². The molecule has 0 radical (unpaired) electrons. The number of halogens is 1. The van der Waals surface area contributed by atoms with E-state index in [1.165, 1.54) is 0 Å². The molecular weight excluding hydrogens is 546 g/mol. The first-order valence-electron chi connectivity index (χ1n) is 12.9. The van der Waals surface area contributed by atoms with E-state index in [4.69, 9.17) is 4.74 Å². The number of alkyl halides is 1. The number of anilines is 2. The number of ether oxygens (including phenoxy) is 1. The number of nitrogens with zero attached hydrogens (tertiary/aromatic N) is 2. The number of carbonyl (C=O) groups excluding carboxylic acids is 3. The van der Waals surface area contributed by atoms with Crippen LogP contribution in [0.1, 0.15) is 40.0 Å². The minimum atomic E-state index is -0.703. The van der Waals surface area contributed by atoms with Crippen LogP contribution in [0, 0.1) is 11.8 Å². The zero-order chi connectivity index (χ0) is 26.0. The summed E-state index contributed by atoms with van der Waals surface area (Å²) in [6.07, 6.45) is 1.76. The highest BCUT2D eigenvalue weighted by molar-refractivity contribution is 9.09. The number of benzene rings is 1. The number of hydrogen-bond donors (Lipinski definition) is 2. The second kappa shape index (κ2) is 11.3. The Bertz CT molecular complexity index is 975. The maximum atomic E-state index is 13.9. The van der Waals surface area contributed by atoms with Crippen LogP contribution >= 0.6 is 27.7 Å². The zero-order valence-electron chi connectivity index (χ0n) is 21.1. The minimum absolute atomic E-state index is 0.0157. The van der Waals surface area contributed by atoms with E-state index in [1.807, 2.05) is 24.3 Å². The Kier molecular flexibility index (Phi) is 8.56. The number of fused-ring (bicyclic) bond motifs is 1. The van der Waals surface area contributed by atoms with Crippen LogP contribution in [0.2, 0.25) is 0 Å². The molecule has 1 aromatic carbocycles. The maximum absolute atomic E-state index is 13.9. The average molecular weight is 583 g/mol. The number of nitrogens with one attached hydrogen (secondary N) is 1. The van der Waals surface area contributed by atoms with Crippen molar-refractivity contribution >= 4 is 56.9 Å². The summed E-state index contributed by atoms with van der Waals surface area (Å²) in [7, 11) is 0. The molecule has 2 N–H and O–H groups in total. The summed E-state index contributed by atoms with van der Waals surface area (Å²) in [5.41, 5.74) is 1.76. The molecule has 2 amide bonds. The average Bonchev–Trinajstić information content (AvgIpc) is 3.45. The van der Waals surface area contributed by atoms with Crippen molar-refractivity contribution in [3.8, 4) is 0 Å². The fraction of sp³-hybridized carbons (Fsp3) is 0.654. The first-order chi connectivity index (χ1) is 17.3. The molecule has 3 aliphatic heterocycles. The third kappa shape index (κ3) is 4.65. The molecule has 1 spiro atoms. The van der Waals surface area contributed by atoms with Gasteiger partial charge >= 0.3 is 5.97 Å². The van der Waals surface area contributed by atoms with Gasteiger partial charge in [0.15, 0.2) is 0 Å². The predicted molar refractivity (Wildman–Crippen MR) is 146 cm³/mol. The summed E-state index contributed by atoms with van der Waals surface area (Å²) in [6, 6.07) is 7.06. The zero-order valence-corrected chi connectivity index (χ0v) is 23.5. The molecule has 1 aromatic rings. The van der Waals surface area contributed by atoms with Crippen LogP contribution in [0.3, 0.4) is 0 Å². The minimum Gasteiger partial charge on any atom is -0.466 e. The molecule has 6 atom stereocenters. The van der Waals surface area contributed by atoms with Gasteiger partial charge in [0.1, 0.15) is 6.04 Å². The number of rotatable bonds is 11. The van der Waals surface area contributed by atoms with Gasteiger partial charge < -0.3 is 25.0 Å². The number of likely N-dealkylation sites (tertiary alicyclic amines) is 1. The Morgan fingerprint density at radius 2 is 1.92 bits per heavy atom. The second-order valence-electron chi connectivity index (χ2n) is 9.59. The SMILES string of the molecule is CCOC(=O)[C@H]1[C@@H]2SC3(CC2Br)C(C(=O)Nc2ccc(N(CC)CC)cc2)N(CCCCO)C(=O)[C@H]13. The molecule has 8 nitrogen and oxygen atoms in total. The van der Waals surface area contributed by atoms with Crippen molar-refractivity contribution in [1.82, 2.24) is 4.90 Å². The topological polar surface area (TPSA) is 99.2 Å². The highest BCUT2D eigenvalue weighted by atomic mass is 79.9. The van der Waals surface area contributed by atoms with Crippen LogP contribution in [0.25, 0.3) is 0 Å². The van der Waals surface area contributed by atoms with Crippen LogP contribution in [0.4, 0.5) is 11.4 Å². The quantitative estimate of drug-likeness (QED) is 0.235. The number of hydrogen-bond acceptors (Lipinski definition) is 7. The molecule has 4 rings (SSSR count). The molecule has 3 aliphatic rings. The van der Waals surface area contributed by atoms with Crippen molar-refractivity contribution in [2.45, 2.75) is 60.9 Å². The van der Waals surface area contributed by atoms with Crippen LogP contribution in [-0.2, 0) is 19.1 Å². The fourth-order valence-electron chi connectivity index (χ4n) is 6.13. The van der Waals surface area contributed by atoms with Crippen molar-refractivity contribution in [3.63, 3.8) is 0 Å². The smallest absolute Gasteiger partial charge is 0.310 e. The molecule has 0 aromatic heterocycles. The molecule has 0 aliphatic carbocycles. The number of amides is 2. The number of esters is 1. The van der Waals surface area contributed by atoms with E-state index in [0.717, 1.165) is 18.8 Å². The molecule has 10 heteroatoms. The van der Waals surface area contributed by atoms with Crippen molar-refractivity contribution in [3.05, 3.63) is 24.3 Å². The van der Waals surface area contributed by atoms with Crippen molar-refractivity contribution in [1.29, 1.82) is 0 Å². The molecule has 3 unspecified atom stereocenters. The summed E-state index contributed by atoms with van der Waals surface area (Å²) in [5.74, 6) is -1.91. The Labute approximate surface area is 225 Å². The first kappa shape index (κ1) is 27.3. The number of aliphatic hydroxyl groups excluding tert-OH is 1. The summed E-state index contributed by atoms with van der Waals surface area (Å²) < 4.78 is 4.68. The Morgan fingerprint density at radius 3 is 2.53 bits per heavy atom. The van der Waals surface area contributed by atoms with Crippen molar-refractivity contribution in [2.24, 2.45) is 11.8 Å². The highest BCUT2D eigenvalue weighted by Gasteiger charge is 2.75. The fourth-order valence-corrected chi connectivity index (χ4v) is 9.73. The maximum Gasteiger partial charge on any atom is 0.310 e. The van der Waals surface area contributed by atoms with E-state index < -0.39 is 22.6 Å². The Balaban J connectivity index is 1.63. The summed E-state index contributed by atoms with van der Waals surface area (Å²) in [6.45, 7) is 8.40. The lowest BCUT2D eigenvalue weighted by Gasteiger charge is -2.35. The van der Waals surface area contributed by atoms with Gasteiger partial charge in [0.05, 0.1) is 23.2 Å². The largest absolute Gasteiger partial charge is 0.466 e. The summed E-state index contributed by atoms with van der Waals surface area (Å²) >= 11 is 5.34. The Morgan fingerprint density at radius 1 is 1.22 bits per heavy atom. The molecule has 3 fully saturated rings. The lowest BCUT2D eigenvalue weighted by Crippen LogP contribution is -2.52. The van der Waals surface area contributed by atoms with Crippen LogP contribution < -0.4 is 10.2 Å². The standard InChI is InChI=1S/C26H36BrN3O5S/c1-4-29(5-2)17-11-9-16(10-12-17)28-23(32)22-26-15-18(27)21(36-26)19(25(34)35-6-3)20(26)24(33)30(22)13-7-8-14-31/h9-12,18-22,31H,4-8,13-15H2,1-3H3,(H,28,32)/t18?,19-,20+,21-,22?,26?/m1/s1. The third-order valence-electron chi connectivity index (χ3n) is 7.67. The van der Waals surface area contributed by atoms with E-state index >= 15 is 0 Å². The van der Waals surface area contributed by atoms with E-state index in [1.54, 1.807) is 23.6 Å². The van der Waals surface area contributed by atoms with E-state index in [-0.39, 0.29) is 41.1 Å². The van der Waals surface area contributed by atoms with E-state index in [9.17, 15) is 19.5 Å². The number of unbranched alkanes of at least 4 members (excludes halogenated alkanes) is 1. The number of aliphatic hydroxyl groups is 1. The monoisotopic (exact) mass is 581 g/mol. The summed E-state index contributed by atoms with van der Waals surface area (Å²) in [5, 5.41) is 12.2. The summed E-state index contributed by atoms with van der Waals surface area (Å²) in [4.78, 5) is 44.5. The van der Waals surface area contributed by atoms with E-state index in [2.05, 4.69) is 40.0 Å². The third-order valence-corrected chi connectivity index (χ3v) is 10.9. The lowest BCUT2D eigenvalue weighted by molar-refractivity contribution is -0.153. The highest BCUT2D eigenvalue weighted by Crippen LogP contribution is 2.67. The van der Waals surface area contributed by atoms with Crippen molar-refractivity contribution in [2.75, 3.05) is 43.1 Å². The van der Waals surface area contributed by atoms with Gasteiger partial charge in [-0.3, -0.25) is 14.4 Å². The second-order valence-corrected chi connectivity index (χ2v) is 12.3. The molecule has 198 valence electrons. The normalized spacial score (nSPS) is 30.4. The van der Waals surface area contributed by atoms with Gasteiger partial charge in [-0.25, -0.2) is 0 Å². The lowest BCUT2D eigenvalue weighted by atomic mass is 9.71. The molecule has 0 saturated carbocycles. The van der Waals surface area contributed by atoms with Gasteiger partial charge in [-0.1, -0.05) is 15.9 Å². The number of carbonyl (C=O) groups is 3. The van der Waals surface area contributed by atoms with Crippen LogP contribution in [0.5, 0.6) is 0 Å². The molecule has 2 bridgehead atoms. The molecule has 36 heavy (non-hydrogen) atoms. The van der Waals surface area contributed by atoms with Gasteiger partial charge in [0, 0.05) is 47.7 Å². The molecule has 3 heterocycles. The first-order valence-corrected chi connectivity index (χ1v) is 14.7. The molecule has 3 saturated heterocycles. The van der Waals surface area contributed by atoms with Gasteiger partial charge in [-0.2, -0.15) is 0 Å². The van der Waals surface area contributed by atoms with Crippen LogP contribution in [-0.4, -0.2) is 81.5 Å². The van der Waals surface area contributed by atoms with Gasteiger partial charge in [-0.05, 0) is 64.3 Å². The van der Waals surface area contributed by atoms with Gasteiger partial charge in [0.25, 0.3) is 0 Å². The van der Waals surface area contributed by atoms with Crippen LogP contribution in [0.15, 0.2) is 24.3 Å². The molecular formula is C26H36BrN3O5S. The van der Waals surface area contributed by atoms with Crippen molar-refractivity contribution < 1.29 is 24.2 Å².